The van der Waals surface area contributed by atoms with Crippen molar-refractivity contribution in [2.24, 2.45) is 0 Å². The minimum atomic E-state index is -2.59. The molecule has 12 rings (SSSR count). The molecular weight excluding hydrogens is 411 g/mol. The molecular formula is C27H31FeP. The van der Waals surface area contributed by atoms with E-state index in [0.717, 1.165) is 8.58 Å². The molecule has 152 valence electrons. The van der Waals surface area contributed by atoms with E-state index in [1.807, 2.05) is 0 Å². The second-order valence-electron chi connectivity index (χ2n) is 14.1. The summed E-state index contributed by atoms with van der Waals surface area (Å²) in [4.78, 5) is 14.1. The van der Waals surface area contributed by atoms with Crippen molar-refractivity contribution >= 4 is 19.2 Å². The van der Waals surface area contributed by atoms with Crippen LogP contribution in [0, 0.1) is 0 Å². The van der Waals surface area contributed by atoms with E-state index < -0.39 is 6.51 Å². The van der Waals surface area contributed by atoms with Gasteiger partial charge in [-0.15, -0.1) is 0 Å². The quantitative estimate of drug-likeness (QED) is 0.245. The molecule has 10 aliphatic rings. The Morgan fingerprint density at radius 1 is 0.690 bits per heavy atom. The first-order chi connectivity index (χ1) is 14.1. The Morgan fingerprint density at radius 2 is 1.17 bits per heavy atom. The van der Waals surface area contributed by atoms with Crippen LogP contribution in [0.4, 0.5) is 0 Å². The Balaban J connectivity index is 0.0000000909. The van der Waals surface area contributed by atoms with Gasteiger partial charge >= 0.3 is 86.8 Å². The monoisotopic (exact) mass is 442 g/mol. The van der Waals surface area contributed by atoms with Crippen molar-refractivity contribution in [3.8, 4) is 0 Å². The fraction of sp³-hybridized carbons (Fsp3) is 0.556. The van der Waals surface area contributed by atoms with Gasteiger partial charge in [0.1, 0.15) is 0 Å². The number of rotatable bonds is 6. The van der Waals surface area contributed by atoms with Gasteiger partial charge in [0.2, 0.25) is 0 Å². The largest absolute Gasteiger partial charge is 0.0622 e. The first-order valence-corrected chi connectivity index (χ1v) is 19.4. The molecule has 10 heterocycles. The van der Waals surface area contributed by atoms with E-state index in [2.05, 4.69) is 67.6 Å². The Kier molecular flexibility index (Phi) is 0.982. The summed E-state index contributed by atoms with van der Waals surface area (Å²) in [5.74, 6) is 0. The van der Waals surface area contributed by atoms with Crippen LogP contribution < -0.4 is 10.6 Å². The van der Waals surface area contributed by atoms with Crippen LogP contribution in [0.5, 0.6) is 0 Å². The van der Waals surface area contributed by atoms with Gasteiger partial charge in [-0.2, -0.15) is 0 Å². The van der Waals surface area contributed by atoms with Gasteiger partial charge in [-0.25, -0.2) is 0 Å². The summed E-state index contributed by atoms with van der Waals surface area (Å²) in [6, 6.07) is 21.2. The summed E-state index contributed by atoms with van der Waals surface area (Å²) in [5, 5.41) is 2.79. The third kappa shape index (κ3) is 0.311. The average molecular weight is 442 g/mol. The third-order valence-electron chi connectivity index (χ3n) is 18.0. The molecule has 0 aromatic heterocycles. The van der Waals surface area contributed by atoms with Gasteiger partial charge in [-0.3, -0.25) is 0 Å². The zero-order chi connectivity index (χ0) is 18.8. The minimum absolute atomic E-state index is 0.777. The molecule has 0 aliphatic carbocycles. The summed E-state index contributed by atoms with van der Waals surface area (Å²) in [5.41, 5.74) is 0. The molecule has 10 aliphatic heterocycles. The molecule has 0 N–H and O–H groups in total. The molecule has 0 radical (unpaired) electrons. The Bertz CT molecular complexity index is 1350. The molecule has 2 aromatic carbocycles. The van der Waals surface area contributed by atoms with Crippen LogP contribution in [0.25, 0.3) is 0 Å². The van der Waals surface area contributed by atoms with Gasteiger partial charge in [0, 0.05) is 0 Å². The average Bonchev–Trinajstić information content (AvgIpc) is 3.70. The van der Waals surface area contributed by atoms with Gasteiger partial charge < -0.3 is 0 Å². The van der Waals surface area contributed by atoms with Crippen LogP contribution in [0.2, 0.25) is 47.7 Å². The van der Waals surface area contributed by atoms with E-state index in [9.17, 15) is 0 Å². The Labute approximate surface area is 166 Å². The van der Waals surface area contributed by atoms with Gasteiger partial charge in [0.15, 0.2) is 0 Å². The van der Waals surface area contributed by atoms with Crippen molar-refractivity contribution in [1.82, 2.24) is 0 Å². The maximum absolute atomic E-state index is 2.59. The van der Waals surface area contributed by atoms with Crippen LogP contribution in [-0.4, -0.2) is 0 Å². The first kappa shape index (κ1) is 14.5. The SMILES string of the molecule is CCCCC[C]12[CH]3[CH]4[CH]5[CH]1[Fe]45321678[CH]2[CH]1[CH]6[CH]7[CH]28.c1ccc(Pc2ccccc2)cc1. The van der Waals surface area contributed by atoms with Crippen molar-refractivity contribution < 1.29 is 6.51 Å². The minimum Gasteiger partial charge on any atom is -0.0622 e. The molecule has 0 nitrogen and oxygen atoms in total. The predicted molar refractivity (Wildman–Crippen MR) is 121 cm³/mol. The molecule has 0 amide bonds. The smallest absolute Gasteiger partial charge is 0.0226 e. The molecule has 2 heteroatoms. The van der Waals surface area contributed by atoms with Gasteiger partial charge in [-0.05, 0) is 10.6 Å². The summed E-state index contributed by atoms with van der Waals surface area (Å²) in [6.07, 6.45) is 6.43. The number of hydrogen-bond donors (Lipinski definition) is 0. The van der Waals surface area contributed by atoms with E-state index >= 15 is 0 Å². The Morgan fingerprint density at radius 3 is 1.52 bits per heavy atom. The van der Waals surface area contributed by atoms with E-state index in [1.54, 1.807) is 62.6 Å². The zero-order valence-electron chi connectivity index (χ0n) is 17.2. The molecule has 0 saturated carbocycles. The summed E-state index contributed by atoms with van der Waals surface area (Å²) in [7, 11) is 0.777. The number of unbranched alkanes of at least 4 members (excludes halogenated alkanes) is 2. The van der Waals surface area contributed by atoms with E-state index in [0.29, 0.717) is 0 Å². The zero-order valence-corrected chi connectivity index (χ0v) is 19.3. The number of fused-ring (bicyclic) bond motifs is 10. The van der Waals surface area contributed by atoms with Crippen molar-refractivity contribution in [1.29, 1.82) is 0 Å². The second-order valence-corrected chi connectivity index (χ2v) is 39.2. The Hall–Kier alpha value is -0.611. The van der Waals surface area contributed by atoms with Crippen molar-refractivity contribution in [2.75, 3.05) is 0 Å². The van der Waals surface area contributed by atoms with Crippen molar-refractivity contribution in [2.45, 2.75) is 80.3 Å². The van der Waals surface area contributed by atoms with Crippen LogP contribution in [0.3, 0.4) is 0 Å². The molecule has 4 atom stereocenters. The van der Waals surface area contributed by atoms with Crippen LogP contribution in [0.15, 0.2) is 60.7 Å². The fourth-order valence-corrected chi connectivity index (χ4v) is 95.6. The van der Waals surface area contributed by atoms with Crippen LogP contribution >= 0.6 is 8.58 Å². The summed E-state index contributed by atoms with van der Waals surface area (Å²) < 4.78 is 1.24. The molecule has 1 spiro atoms. The fourth-order valence-electron chi connectivity index (χ4n) is 19.2. The molecule has 29 heavy (non-hydrogen) atoms. The number of hydrogen-bond acceptors (Lipinski definition) is 0. The summed E-state index contributed by atoms with van der Waals surface area (Å²) in [6.45, 7) is -0.199. The standard InChI is InChI=1S/C12H11P.C10H15.C5H5.Fe/c1-3-7-11(8-4-1)13-12-9-5-2-6-10-12;1-2-3-4-7-10-8-5-6-9-10;1-2-4-5-3-1;/h1-10,13H;5-6,8-9H,2-4,7H2,1H3;1-5H;. The maximum Gasteiger partial charge on any atom is -0.0226 e. The maximum atomic E-state index is 2.39. The molecule has 0 bridgehead atoms. The topological polar surface area (TPSA) is 0 Å². The van der Waals surface area contributed by atoms with Gasteiger partial charge in [-0.1, -0.05) is 69.2 Å². The second kappa shape index (κ2) is 1.97. The molecule has 10 fully saturated rings. The first-order valence-electron chi connectivity index (χ1n) is 12.1. The molecule has 10 saturated heterocycles. The number of benzene rings is 2. The van der Waals surface area contributed by atoms with E-state index in [-0.39, 0.29) is 0 Å². The van der Waals surface area contributed by atoms with Gasteiger partial charge in [0.25, 0.3) is 0 Å². The predicted octanol–water partition coefficient (Wildman–Crippen LogP) is 7.64. The van der Waals surface area contributed by atoms with E-state index in [1.165, 1.54) is 21.3 Å². The van der Waals surface area contributed by atoms with Crippen molar-refractivity contribution in [3.63, 3.8) is 0 Å². The van der Waals surface area contributed by atoms with Gasteiger partial charge in [0.05, 0.1) is 0 Å². The van der Waals surface area contributed by atoms with E-state index in [4.69, 9.17) is 0 Å². The summed E-state index contributed by atoms with van der Waals surface area (Å²) >= 11 is 0. The van der Waals surface area contributed by atoms with Crippen LogP contribution in [0.1, 0.15) is 32.6 Å². The molecule has 4 unspecified atom stereocenters. The van der Waals surface area contributed by atoms with Crippen molar-refractivity contribution in [3.05, 3.63) is 60.7 Å². The normalized spacial score (nSPS) is 73.9. The van der Waals surface area contributed by atoms with Crippen LogP contribution in [-0.2, 0) is 6.51 Å². The third-order valence-corrected chi connectivity index (χ3v) is 62.3. The molecule has 2 aromatic rings.